The molecular formula is C11H15NO3S. The fourth-order valence-corrected chi connectivity index (χ4v) is 1.85. The number of aryl methyl sites for hydroxylation is 2. The lowest BCUT2D eigenvalue weighted by molar-refractivity contribution is -0.136. The van der Waals surface area contributed by atoms with Gasteiger partial charge in [-0.05, 0) is 20.8 Å². The van der Waals surface area contributed by atoms with Crippen molar-refractivity contribution in [3.05, 3.63) is 23.1 Å². The van der Waals surface area contributed by atoms with Crippen LogP contribution in [-0.2, 0) is 9.53 Å². The number of hydrogen-bond donors (Lipinski definition) is 0. The molecule has 16 heavy (non-hydrogen) atoms. The highest BCUT2D eigenvalue weighted by Gasteiger charge is 2.06. The third-order valence-corrected chi connectivity index (χ3v) is 2.87. The lowest BCUT2D eigenvalue weighted by Gasteiger charge is -1.97. The minimum Gasteiger partial charge on any atom is -0.466 e. The van der Waals surface area contributed by atoms with E-state index in [1.807, 2.05) is 13.8 Å². The Kier molecular flexibility index (Phi) is 4.61. The van der Waals surface area contributed by atoms with Gasteiger partial charge in [0, 0.05) is 11.3 Å². The molecule has 0 amide bonds. The summed E-state index contributed by atoms with van der Waals surface area (Å²) in [6.07, 6.45) is 1.80. The topological polar surface area (TPSA) is 52.3 Å². The van der Waals surface area contributed by atoms with Gasteiger partial charge in [0.2, 0.25) is 0 Å². The molecule has 0 saturated heterocycles. The minimum atomic E-state index is -0.305. The van der Waals surface area contributed by atoms with Crippen LogP contribution in [0.5, 0.6) is 0 Å². The monoisotopic (exact) mass is 241 g/mol. The predicted molar refractivity (Wildman–Crippen MR) is 62.5 cm³/mol. The SMILES string of the molecule is COC(=O)C(C)=CCSc1nc(C)c(C)o1. The molecule has 0 aliphatic carbocycles. The van der Waals surface area contributed by atoms with Gasteiger partial charge in [-0.15, -0.1) is 0 Å². The van der Waals surface area contributed by atoms with Gasteiger partial charge in [0.15, 0.2) is 0 Å². The zero-order chi connectivity index (χ0) is 12.1. The molecule has 1 aromatic rings. The maximum atomic E-state index is 11.1. The Morgan fingerprint density at radius 2 is 2.25 bits per heavy atom. The van der Waals surface area contributed by atoms with E-state index in [0.717, 1.165) is 11.5 Å². The van der Waals surface area contributed by atoms with E-state index in [4.69, 9.17) is 4.42 Å². The van der Waals surface area contributed by atoms with Crippen molar-refractivity contribution in [1.29, 1.82) is 0 Å². The normalized spacial score (nSPS) is 11.6. The molecule has 0 aliphatic rings. The van der Waals surface area contributed by atoms with E-state index in [1.165, 1.54) is 18.9 Å². The summed E-state index contributed by atoms with van der Waals surface area (Å²) in [5.74, 6) is 1.16. The molecule has 1 aromatic heterocycles. The number of carbonyl (C=O) groups is 1. The quantitative estimate of drug-likeness (QED) is 0.460. The maximum absolute atomic E-state index is 11.1. The highest BCUT2D eigenvalue weighted by atomic mass is 32.2. The van der Waals surface area contributed by atoms with Crippen LogP contribution in [0.1, 0.15) is 18.4 Å². The van der Waals surface area contributed by atoms with Gasteiger partial charge in [0.25, 0.3) is 5.22 Å². The van der Waals surface area contributed by atoms with Crippen molar-refractivity contribution < 1.29 is 13.9 Å². The van der Waals surface area contributed by atoms with Gasteiger partial charge in [-0.3, -0.25) is 0 Å². The first-order valence-electron chi connectivity index (χ1n) is 4.86. The standard InChI is InChI=1S/C11H15NO3S/c1-7(10(13)14-4)5-6-16-11-12-8(2)9(3)15-11/h5H,6H2,1-4H3. The summed E-state index contributed by atoms with van der Waals surface area (Å²) >= 11 is 1.45. The number of thioether (sulfide) groups is 1. The first-order chi connectivity index (χ1) is 7.54. The largest absolute Gasteiger partial charge is 0.466 e. The van der Waals surface area contributed by atoms with Crippen LogP contribution in [0.15, 0.2) is 21.3 Å². The molecule has 88 valence electrons. The Hall–Kier alpha value is -1.23. The fourth-order valence-electron chi connectivity index (χ4n) is 0.987. The number of ether oxygens (including phenoxy) is 1. The summed E-state index contributed by atoms with van der Waals surface area (Å²) in [6, 6.07) is 0. The molecule has 0 saturated carbocycles. The van der Waals surface area contributed by atoms with Crippen LogP contribution in [0.4, 0.5) is 0 Å². The number of esters is 1. The van der Waals surface area contributed by atoms with Crippen molar-refractivity contribution in [3.8, 4) is 0 Å². The molecule has 0 atom stereocenters. The van der Waals surface area contributed by atoms with Crippen LogP contribution in [0.25, 0.3) is 0 Å². The molecule has 1 heterocycles. The van der Waals surface area contributed by atoms with Crippen LogP contribution in [0.3, 0.4) is 0 Å². The van der Waals surface area contributed by atoms with E-state index in [0.29, 0.717) is 16.5 Å². The summed E-state index contributed by atoms with van der Waals surface area (Å²) in [4.78, 5) is 15.3. The molecule has 0 bridgehead atoms. The Labute approximate surface area is 99.1 Å². The Morgan fingerprint density at radius 3 is 2.75 bits per heavy atom. The van der Waals surface area contributed by atoms with Gasteiger partial charge in [-0.25, -0.2) is 9.78 Å². The second-order valence-corrected chi connectivity index (χ2v) is 4.28. The van der Waals surface area contributed by atoms with Crippen LogP contribution < -0.4 is 0 Å². The van der Waals surface area contributed by atoms with Crippen molar-refractivity contribution in [2.45, 2.75) is 26.0 Å². The van der Waals surface area contributed by atoms with Gasteiger partial charge in [-0.2, -0.15) is 0 Å². The van der Waals surface area contributed by atoms with Crippen molar-refractivity contribution >= 4 is 17.7 Å². The van der Waals surface area contributed by atoms with E-state index < -0.39 is 0 Å². The summed E-state index contributed by atoms with van der Waals surface area (Å²) < 4.78 is 9.97. The molecule has 4 nitrogen and oxygen atoms in total. The predicted octanol–water partition coefficient (Wildman–Crippen LogP) is 2.50. The molecule has 0 spiro atoms. The number of hydrogen-bond acceptors (Lipinski definition) is 5. The number of carbonyl (C=O) groups excluding carboxylic acids is 1. The fraction of sp³-hybridized carbons (Fsp3) is 0.455. The van der Waals surface area contributed by atoms with Crippen LogP contribution in [0.2, 0.25) is 0 Å². The molecule has 1 rings (SSSR count). The van der Waals surface area contributed by atoms with Crippen LogP contribution >= 0.6 is 11.8 Å². The maximum Gasteiger partial charge on any atom is 0.333 e. The van der Waals surface area contributed by atoms with Gasteiger partial charge in [-0.1, -0.05) is 17.8 Å². The van der Waals surface area contributed by atoms with Crippen molar-refractivity contribution in [3.63, 3.8) is 0 Å². The number of rotatable bonds is 4. The molecule has 0 N–H and O–H groups in total. The van der Waals surface area contributed by atoms with Crippen molar-refractivity contribution in [1.82, 2.24) is 4.98 Å². The second-order valence-electron chi connectivity index (χ2n) is 3.31. The number of methoxy groups -OCH3 is 1. The average Bonchev–Trinajstić information content (AvgIpc) is 2.57. The third-order valence-electron chi connectivity index (χ3n) is 2.11. The first-order valence-corrected chi connectivity index (χ1v) is 5.85. The molecule has 5 heteroatoms. The van der Waals surface area contributed by atoms with Crippen molar-refractivity contribution in [2.24, 2.45) is 0 Å². The van der Waals surface area contributed by atoms with E-state index in [2.05, 4.69) is 9.72 Å². The van der Waals surface area contributed by atoms with Crippen LogP contribution in [0, 0.1) is 13.8 Å². The highest BCUT2D eigenvalue weighted by molar-refractivity contribution is 7.99. The number of oxazole rings is 1. The van der Waals surface area contributed by atoms with E-state index in [9.17, 15) is 4.79 Å². The lowest BCUT2D eigenvalue weighted by Crippen LogP contribution is -2.01. The highest BCUT2D eigenvalue weighted by Crippen LogP contribution is 2.20. The molecule has 0 aliphatic heterocycles. The molecule has 0 radical (unpaired) electrons. The number of aromatic nitrogens is 1. The first kappa shape index (κ1) is 12.8. The average molecular weight is 241 g/mol. The molecular weight excluding hydrogens is 226 g/mol. The zero-order valence-corrected chi connectivity index (χ0v) is 10.7. The molecule has 0 aromatic carbocycles. The van der Waals surface area contributed by atoms with Gasteiger partial charge in [0.1, 0.15) is 5.76 Å². The molecule has 0 fully saturated rings. The Morgan fingerprint density at radius 1 is 1.56 bits per heavy atom. The number of nitrogens with zero attached hydrogens (tertiary/aromatic N) is 1. The van der Waals surface area contributed by atoms with Gasteiger partial charge < -0.3 is 9.15 Å². The smallest absolute Gasteiger partial charge is 0.333 e. The molecule has 0 unspecified atom stereocenters. The second kappa shape index (κ2) is 5.75. The lowest BCUT2D eigenvalue weighted by atomic mass is 10.3. The minimum absolute atomic E-state index is 0.305. The van der Waals surface area contributed by atoms with E-state index in [-0.39, 0.29) is 5.97 Å². The zero-order valence-electron chi connectivity index (χ0n) is 9.86. The van der Waals surface area contributed by atoms with E-state index in [1.54, 1.807) is 13.0 Å². The Bertz CT molecular complexity index is 390. The van der Waals surface area contributed by atoms with Crippen LogP contribution in [-0.4, -0.2) is 23.8 Å². The van der Waals surface area contributed by atoms with Crippen molar-refractivity contribution in [2.75, 3.05) is 12.9 Å². The van der Waals surface area contributed by atoms with E-state index >= 15 is 0 Å². The van der Waals surface area contributed by atoms with Gasteiger partial charge in [0.05, 0.1) is 12.8 Å². The van der Waals surface area contributed by atoms with Gasteiger partial charge >= 0.3 is 5.97 Å². The summed E-state index contributed by atoms with van der Waals surface area (Å²) in [6.45, 7) is 5.50. The summed E-state index contributed by atoms with van der Waals surface area (Å²) in [5, 5.41) is 0.629. The Balaban J connectivity index is 2.49. The summed E-state index contributed by atoms with van der Waals surface area (Å²) in [7, 11) is 1.37. The third kappa shape index (κ3) is 3.41. The summed E-state index contributed by atoms with van der Waals surface area (Å²) in [5.41, 5.74) is 1.49.